The van der Waals surface area contributed by atoms with Gasteiger partial charge in [-0.05, 0) is 66.1 Å². The normalized spacial score (nSPS) is 13.7. The molecule has 86 valence electrons. The molecule has 1 aliphatic rings. The highest BCUT2D eigenvalue weighted by Crippen LogP contribution is 2.29. The van der Waals surface area contributed by atoms with Crippen LogP contribution in [0.4, 0.5) is 5.69 Å². The molecule has 0 heterocycles. The third kappa shape index (κ3) is 1.93. The van der Waals surface area contributed by atoms with Crippen molar-refractivity contribution in [1.82, 2.24) is 0 Å². The van der Waals surface area contributed by atoms with Crippen LogP contribution in [0.5, 0.6) is 0 Å². The second kappa shape index (κ2) is 3.92. The molecule has 2 aromatic carbocycles. The first-order chi connectivity index (χ1) is 8.22. The van der Waals surface area contributed by atoms with Crippen molar-refractivity contribution in [2.45, 2.75) is 26.2 Å². The molecule has 0 aliphatic heterocycles. The topological polar surface area (TPSA) is 26.0 Å². The van der Waals surface area contributed by atoms with E-state index in [0.29, 0.717) is 0 Å². The number of nitrogen functional groups attached to an aromatic ring is 1. The van der Waals surface area contributed by atoms with Crippen LogP contribution in [-0.4, -0.2) is 0 Å². The number of rotatable bonds is 1. The third-order valence-electron chi connectivity index (χ3n) is 3.53. The Balaban J connectivity index is 2.09. The fraction of sp³-hybridized carbons (Fsp3) is 0.250. The number of nitrogens with two attached hydrogens (primary N) is 1. The summed E-state index contributed by atoms with van der Waals surface area (Å²) in [6, 6.07) is 13.1. The molecule has 2 N–H and O–H groups in total. The van der Waals surface area contributed by atoms with E-state index in [1.807, 2.05) is 6.07 Å². The molecular formula is C16H17N. The minimum absolute atomic E-state index is 0.848. The molecule has 0 spiro atoms. The lowest BCUT2D eigenvalue weighted by molar-refractivity contribution is 0.912. The van der Waals surface area contributed by atoms with E-state index in [9.17, 15) is 0 Å². The van der Waals surface area contributed by atoms with Gasteiger partial charge in [-0.1, -0.05) is 24.3 Å². The SMILES string of the molecule is Cc1cc(N)cc(-c2ccc3c(c2)CCC3)c1. The van der Waals surface area contributed by atoms with Gasteiger partial charge in [-0.15, -0.1) is 0 Å². The monoisotopic (exact) mass is 223 g/mol. The summed E-state index contributed by atoms with van der Waals surface area (Å²) in [5.74, 6) is 0. The molecule has 17 heavy (non-hydrogen) atoms. The van der Waals surface area contributed by atoms with Gasteiger partial charge in [0.05, 0.1) is 0 Å². The van der Waals surface area contributed by atoms with E-state index in [1.165, 1.54) is 47.1 Å². The Morgan fingerprint density at radius 1 is 0.882 bits per heavy atom. The molecule has 1 nitrogen and oxygen atoms in total. The van der Waals surface area contributed by atoms with E-state index < -0.39 is 0 Å². The van der Waals surface area contributed by atoms with Crippen molar-refractivity contribution in [3.8, 4) is 11.1 Å². The summed E-state index contributed by atoms with van der Waals surface area (Å²) >= 11 is 0. The Labute approximate surface area is 102 Å². The maximum Gasteiger partial charge on any atom is 0.0322 e. The summed E-state index contributed by atoms with van der Waals surface area (Å²) in [6.07, 6.45) is 3.77. The molecule has 0 amide bonds. The zero-order valence-electron chi connectivity index (χ0n) is 10.2. The van der Waals surface area contributed by atoms with Gasteiger partial charge in [0.25, 0.3) is 0 Å². The standard InChI is InChI=1S/C16H17N/c1-11-7-15(10-16(17)8-11)14-6-5-12-3-2-4-13(12)9-14/h5-10H,2-4,17H2,1H3. The molecule has 1 aliphatic carbocycles. The van der Waals surface area contributed by atoms with Crippen LogP contribution in [0.3, 0.4) is 0 Å². The maximum absolute atomic E-state index is 5.91. The van der Waals surface area contributed by atoms with Crippen molar-refractivity contribution in [3.63, 3.8) is 0 Å². The van der Waals surface area contributed by atoms with Gasteiger partial charge >= 0.3 is 0 Å². The number of fused-ring (bicyclic) bond motifs is 1. The van der Waals surface area contributed by atoms with Crippen LogP contribution in [0.1, 0.15) is 23.1 Å². The van der Waals surface area contributed by atoms with E-state index in [2.05, 4.69) is 37.3 Å². The van der Waals surface area contributed by atoms with Gasteiger partial charge in [0.1, 0.15) is 0 Å². The van der Waals surface area contributed by atoms with Gasteiger partial charge in [0, 0.05) is 5.69 Å². The van der Waals surface area contributed by atoms with Crippen LogP contribution in [0, 0.1) is 6.92 Å². The van der Waals surface area contributed by atoms with Gasteiger partial charge < -0.3 is 5.73 Å². The second-order valence-electron chi connectivity index (χ2n) is 4.97. The Morgan fingerprint density at radius 2 is 1.71 bits per heavy atom. The summed E-state index contributed by atoms with van der Waals surface area (Å²) < 4.78 is 0. The smallest absolute Gasteiger partial charge is 0.0322 e. The molecule has 0 unspecified atom stereocenters. The summed E-state index contributed by atoms with van der Waals surface area (Å²) in [6.45, 7) is 2.09. The van der Waals surface area contributed by atoms with Crippen LogP contribution in [0.25, 0.3) is 11.1 Å². The highest BCUT2D eigenvalue weighted by Gasteiger charge is 2.11. The highest BCUT2D eigenvalue weighted by molar-refractivity contribution is 5.69. The second-order valence-corrected chi connectivity index (χ2v) is 4.97. The Bertz CT molecular complexity index is 549. The van der Waals surface area contributed by atoms with Gasteiger partial charge in [-0.3, -0.25) is 0 Å². The van der Waals surface area contributed by atoms with E-state index >= 15 is 0 Å². The van der Waals surface area contributed by atoms with Gasteiger partial charge in [-0.2, -0.15) is 0 Å². The van der Waals surface area contributed by atoms with Crippen LogP contribution >= 0.6 is 0 Å². The molecule has 0 saturated carbocycles. The van der Waals surface area contributed by atoms with E-state index in [1.54, 1.807) is 0 Å². The fourth-order valence-corrected chi connectivity index (χ4v) is 2.73. The molecule has 2 aromatic rings. The van der Waals surface area contributed by atoms with Gasteiger partial charge in [-0.25, -0.2) is 0 Å². The first-order valence-electron chi connectivity index (χ1n) is 6.22. The maximum atomic E-state index is 5.91. The zero-order valence-corrected chi connectivity index (χ0v) is 10.2. The minimum atomic E-state index is 0.848. The van der Waals surface area contributed by atoms with Crippen molar-refractivity contribution in [2.75, 3.05) is 5.73 Å². The number of hydrogen-bond acceptors (Lipinski definition) is 1. The van der Waals surface area contributed by atoms with Crippen LogP contribution < -0.4 is 5.73 Å². The highest BCUT2D eigenvalue weighted by atomic mass is 14.5. The molecular weight excluding hydrogens is 206 g/mol. The molecule has 0 radical (unpaired) electrons. The predicted octanol–water partition coefficient (Wildman–Crippen LogP) is 3.73. The largest absolute Gasteiger partial charge is 0.399 e. The third-order valence-corrected chi connectivity index (χ3v) is 3.53. The van der Waals surface area contributed by atoms with Crippen molar-refractivity contribution in [1.29, 1.82) is 0 Å². The number of benzene rings is 2. The first kappa shape index (κ1) is 10.4. The quantitative estimate of drug-likeness (QED) is 0.732. The number of anilines is 1. The Hall–Kier alpha value is -1.76. The van der Waals surface area contributed by atoms with E-state index in [0.717, 1.165) is 5.69 Å². The minimum Gasteiger partial charge on any atom is -0.399 e. The molecule has 0 atom stereocenters. The average molecular weight is 223 g/mol. The van der Waals surface area contributed by atoms with Gasteiger partial charge in [0.2, 0.25) is 0 Å². The van der Waals surface area contributed by atoms with E-state index in [4.69, 9.17) is 5.73 Å². The molecule has 0 aromatic heterocycles. The van der Waals surface area contributed by atoms with Crippen LogP contribution in [-0.2, 0) is 12.8 Å². The Morgan fingerprint density at radius 3 is 2.53 bits per heavy atom. The summed E-state index contributed by atoms with van der Waals surface area (Å²) in [5.41, 5.74) is 13.5. The molecule has 0 fully saturated rings. The average Bonchev–Trinajstić information content (AvgIpc) is 2.74. The van der Waals surface area contributed by atoms with E-state index in [-0.39, 0.29) is 0 Å². The molecule has 1 heteroatoms. The molecule has 3 rings (SSSR count). The number of aryl methyl sites for hydroxylation is 3. The zero-order chi connectivity index (χ0) is 11.8. The van der Waals surface area contributed by atoms with Crippen LogP contribution in [0.2, 0.25) is 0 Å². The van der Waals surface area contributed by atoms with Crippen molar-refractivity contribution in [2.24, 2.45) is 0 Å². The lowest BCUT2D eigenvalue weighted by Gasteiger charge is -2.07. The van der Waals surface area contributed by atoms with Crippen molar-refractivity contribution in [3.05, 3.63) is 53.1 Å². The molecule has 0 saturated heterocycles. The van der Waals surface area contributed by atoms with Crippen molar-refractivity contribution >= 4 is 5.69 Å². The lowest BCUT2D eigenvalue weighted by atomic mass is 9.99. The van der Waals surface area contributed by atoms with Gasteiger partial charge in [0.15, 0.2) is 0 Å². The lowest BCUT2D eigenvalue weighted by Crippen LogP contribution is -1.89. The Kier molecular flexibility index (Phi) is 2.40. The first-order valence-corrected chi connectivity index (χ1v) is 6.22. The van der Waals surface area contributed by atoms with Crippen LogP contribution in [0.15, 0.2) is 36.4 Å². The summed E-state index contributed by atoms with van der Waals surface area (Å²) in [5, 5.41) is 0. The molecule has 0 bridgehead atoms. The summed E-state index contributed by atoms with van der Waals surface area (Å²) in [4.78, 5) is 0. The fourth-order valence-electron chi connectivity index (χ4n) is 2.73. The number of hydrogen-bond donors (Lipinski definition) is 1. The summed E-state index contributed by atoms with van der Waals surface area (Å²) in [7, 11) is 0. The predicted molar refractivity (Wildman–Crippen MR) is 73.1 cm³/mol. The van der Waals surface area contributed by atoms with Crippen molar-refractivity contribution < 1.29 is 0 Å².